The van der Waals surface area contributed by atoms with Crippen LogP contribution in [0.15, 0.2) is 24.7 Å². The summed E-state index contributed by atoms with van der Waals surface area (Å²) in [6, 6.07) is 2.85. The van der Waals surface area contributed by atoms with Crippen molar-refractivity contribution in [2.75, 3.05) is 17.7 Å². The fraction of sp³-hybridized carbons (Fsp3) is 0.381. The topological polar surface area (TPSA) is 123 Å². The predicted molar refractivity (Wildman–Crippen MR) is 119 cm³/mol. The summed E-state index contributed by atoms with van der Waals surface area (Å²) in [4.78, 5) is 26.6. The van der Waals surface area contributed by atoms with Crippen LogP contribution in [0.5, 0.6) is 0 Å². The molecular formula is C21H22FN9O2. The zero-order valence-electron chi connectivity index (χ0n) is 18.0. The molecule has 12 heteroatoms. The number of alkyl halides is 1. The maximum absolute atomic E-state index is 14.3. The number of rotatable bonds is 1. The van der Waals surface area contributed by atoms with Crippen molar-refractivity contribution < 1.29 is 13.9 Å². The summed E-state index contributed by atoms with van der Waals surface area (Å²) in [5.41, 5.74) is 3.77. The zero-order valence-corrected chi connectivity index (χ0v) is 18.0. The Kier molecular flexibility index (Phi) is 4.43. The molecule has 3 N–H and O–H groups in total. The Labute approximate surface area is 187 Å². The standard InChI is InChI=1S/C21H22FN9O2/c1-10-25-19-15-3-11(7-31(19)29-10)8-33-16-5-12(22)4-13(16)27-21(32)30-9-24-18-14(23-2)6-17(26-15)28-20(18)30/h3,6-7,9,12-13,16H,4-5,8H2,1-2H3,(H,27,32)(H2,23,26,28). The van der Waals surface area contributed by atoms with E-state index in [1.54, 1.807) is 11.6 Å². The van der Waals surface area contributed by atoms with Crippen LogP contribution in [-0.2, 0) is 11.3 Å². The van der Waals surface area contributed by atoms with E-state index in [9.17, 15) is 9.18 Å². The summed E-state index contributed by atoms with van der Waals surface area (Å²) in [5.74, 6) is 1.12. The van der Waals surface area contributed by atoms with E-state index in [1.807, 2.05) is 25.3 Å². The second-order valence-corrected chi connectivity index (χ2v) is 8.38. The van der Waals surface area contributed by atoms with Gasteiger partial charge in [-0.15, -0.1) is 0 Å². The number of nitrogens with one attached hydrogen (secondary N) is 3. The lowest BCUT2D eigenvalue weighted by atomic mass is 10.2. The minimum Gasteiger partial charge on any atom is -0.386 e. The van der Waals surface area contributed by atoms with Crippen LogP contribution in [-0.4, -0.2) is 60.5 Å². The quantitative estimate of drug-likeness (QED) is 0.403. The van der Waals surface area contributed by atoms with Crippen LogP contribution in [0.1, 0.15) is 24.2 Å². The van der Waals surface area contributed by atoms with Crippen molar-refractivity contribution in [2.24, 2.45) is 0 Å². The average Bonchev–Trinajstić information content (AvgIpc) is 3.47. The maximum atomic E-state index is 14.3. The first-order valence-corrected chi connectivity index (χ1v) is 10.7. The van der Waals surface area contributed by atoms with Gasteiger partial charge in [0.2, 0.25) is 0 Å². The molecule has 4 aromatic heterocycles. The highest BCUT2D eigenvalue weighted by Gasteiger charge is 2.37. The van der Waals surface area contributed by atoms with Gasteiger partial charge in [0.1, 0.15) is 29.7 Å². The Morgan fingerprint density at radius 1 is 1.24 bits per heavy atom. The van der Waals surface area contributed by atoms with Crippen LogP contribution < -0.4 is 16.0 Å². The molecule has 11 nitrogen and oxygen atoms in total. The molecular weight excluding hydrogens is 429 g/mol. The molecule has 5 heterocycles. The number of fused-ring (bicyclic) bond motifs is 6. The van der Waals surface area contributed by atoms with Crippen LogP contribution in [0.3, 0.4) is 0 Å². The van der Waals surface area contributed by atoms with Gasteiger partial charge in [0.05, 0.1) is 30.1 Å². The van der Waals surface area contributed by atoms with E-state index in [4.69, 9.17) is 4.74 Å². The number of carbonyl (C=O) groups excluding carboxylic acids is 1. The number of hydrogen-bond acceptors (Lipinski definition) is 8. The Morgan fingerprint density at radius 3 is 2.97 bits per heavy atom. The molecule has 170 valence electrons. The highest BCUT2D eigenvalue weighted by molar-refractivity contribution is 5.94. The lowest BCUT2D eigenvalue weighted by Crippen LogP contribution is -2.43. The van der Waals surface area contributed by atoms with Gasteiger partial charge < -0.3 is 20.7 Å². The molecule has 1 amide bonds. The number of aryl methyl sites for hydroxylation is 1. The molecule has 3 unspecified atom stereocenters. The van der Waals surface area contributed by atoms with Crippen LogP contribution in [0, 0.1) is 6.92 Å². The number of halogens is 1. The predicted octanol–water partition coefficient (Wildman–Crippen LogP) is 2.52. The van der Waals surface area contributed by atoms with E-state index in [2.05, 4.69) is 36.0 Å². The SMILES string of the molecule is CNc1cc2nc3c1ncn3C(=O)NC1CC(F)CC1OCc1cc(c3nc(C)nn3c1)N2. The molecule has 1 fully saturated rings. The number of carbonyl (C=O) groups is 1. The van der Waals surface area contributed by atoms with E-state index >= 15 is 0 Å². The third-order valence-corrected chi connectivity index (χ3v) is 6.07. The Hall–Kier alpha value is -3.80. The number of anilines is 3. The van der Waals surface area contributed by atoms with Crippen LogP contribution in [0.2, 0.25) is 0 Å². The minimum atomic E-state index is -1.05. The van der Waals surface area contributed by atoms with Crippen molar-refractivity contribution in [3.8, 4) is 0 Å². The van der Waals surface area contributed by atoms with Crippen molar-refractivity contribution in [3.63, 3.8) is 0 Å². The molecule has 4 bridgehead atoms. The van der Waals surface area contributed by atoms with Crippen molar-refractivity contribution in [2.45, 2.75) is 44.7 Å². The van der Waals surface area contributed by atoms with Gasteiger partial charge in [-0.3, -0.25) is 0 Å². The molecule has 1 saturated carbocycles. The second kappa shape index (κ2) is 7.37. The fourth-order valence-electron chi connectivity index (χ4n) is 4.56. The molecule has 3 atom stereocenters. The number of imidazole rings is 1. The van der Waals surface area contributed by atoms with Crippen LogP contribution in [0.25, 0.3) is 16.8 Å². The summed E-state index contributed by atoms with van der Waals surface area (Å²) < 4.78 is 23.4. The first-order valence-electron chi connectivity index (χ1n) is 10.7. The normalized spacial score (nSPS) is 22.8. The van der Waals surface area contributed by atoms with E-state index in [0.29, 0.717) is 39.8 Å². The van der Waals surface area contributed by atoms with E-state index < -0.39 is 24.3 Å². The fourth-order valence-corrected chi connectivity index (χ4v) is 4.56. The van der Waals surface area contributed by atoms with Gasteiger partial charge in [-0.1, -0.05) is 0 Å². The van der Waals surface area contributed by atoms with E-state index in [-0.39, 0.29) is 19.4 Å². The molecule has 4 aromatic rings. The van der Waals surface area contributed by atoms with Gasteiger partial charge in [0, 0.05) is 32.2 Å². The molecule has 2 aliphatic rings. The summed E-state index contributed by atoms with van der Waals surface area (Å²) in [6.45, 7) is 2.05. The van der Waals surface area contributed by atoms with Crippen LogP contribution >= 0.6 is 0 Å². The Balaban J connectivity index is 1.55. The zero-order chi connectivity index (χ0) is 22.7. The summed E-state index contributed by atoms with van der Waals surface area (Å²) in [7, 11) is 1.78. The van der Waals surface area contributed by atoms with Gasteiger partial charge in [-0.25, -0.2) is 33.2 Å². The number of amides is 1. The minimum absolute atomic E-state index is 0.192. The molecule has 0 radical (unpaired) electrons. The van der Waals surface area contributed by atoms with Crippen molar-refractivity contribution in [1.82, 2.24) is 34.4 Å². The lowest BCUT2D eigenvalue weighted by Gasteiger charge is -2.22. The molecule has 1 aliphatic carbocycles. The number of aromatic nitrogens is 6. The van der Waals surface area contributed by atoms with E-state index in [0.717, 1.165) is 5.56 Å². The van der Waals surface area contributed by atoms with Gasteiger partial charge in [0.15, 0.2) is 11.3 Å². The molecule has 0 spiro atoms. The number of nitrogens with zero attached hydrogens (tertiary/aromatic N) is 6. The monoisotopic (exact) mass is 451 g/mol. The summed E-state index contributed by atoms with van der Waals surface area (Å²) in [6.07, 6.45) is 2.17. The van der Waals surface area contributed by atoms with Crippen molar-refractivity contribution in [3.05, 3.63) is 36.0 Å². The highest BCUT2D eigenvalue weighted by Crippen LogP contribution is 2.30. The van der Waals surface area contributed by atoms with E-state index in [1.165, 1.54) is 10.9 Å². The van der Waals surface area contributed by atoms with Crippen molar-refractivity contribution >= 4 is 40.0 Å². The smallest absolute Gasteiger partial charge is 0.328 e. The van der Waals surface area contributed by atoms with Crippen LogP contribution in [0.4, 0.5) is 26.4 Å². The van der Waals surface area contributed by atoms with Gasteiger partial charge in [-0.05, 0) is 18.6 Å². The third kappa shape index (κ3) is 3.33. The molecule has 6 rings (SSSR count). The first-order chi connectivity index (χ1) is 16.0. The lowest BCUT2D eigenvalue weighted by molar-refractivity contribution is 0.0271. The van der Waals surface area contributed by atoms with Gasteiger partial charge in [0.25, 0.3) is 0 Å². The maximum Gasteiger partial charge on any atom is 0.328 e. The first kappa shape index (κ1) is 19.9. The van der Waals surface area contributed by atoms with Gasteiger partial charge in [-0.2, -0.15) is 5.10 Å². The molecule has 0 saturated heterocycles. The largest absolute Gasteiger partial charge is 0.386 e. The number of pyridine rings is 2. The third-order valence-electron chi connectivity index (χ3n) is 6.07. The molecule has 33 heavy (non-hydrogen) atoms. The van der Waals surface area contributed by atoms with Gasteiger partial charge >= 0.3 is 6.03 Å². The molecule has 0 aromatic carbocycles. The average molecular weight is 451 g/mol. The molecule has 1 aliphatic heterocycles. The highest BCUT2D eigenvalue weighted by atomic mass is 19.1. The summed E-state index contributed by atoms with van der Waals surface area (Å²) >= 11 is 0. The number of ether oxygens (including phenoxy) is 1. The number of hydrogen-bond donors (Lipinski definition) is 3. The Morgan fingerprint density at radius 2 is 2.12 bits per heavy atom. The Bertz CT molecular complexity index is 1400. The second-order valence-electron chi connectivity index (χ2n) is 8.38. The van der Waals surface area contributed by atoms with Crippen molar-refractivity contribution in [1.29, 1.82) is 0 Å². The summed E-state index contributed by atoms with van der Waals surface area (Å²) in [5, 5.41) is 13.8.